The van der Waals surface area contributed by atoms with Gasteiger partial charge in [0.1, 0.15) is 0 Å². The molecule has 0 unspecified atom stereocenters. The van der Waals surface area contributed by atoms with E-state index in [0.29, 0.717) is 6.54 Å². The molecule has 0 bridgehead atoms. The van der Waals surface area contributed by atoms with Crippen LogP contribution in [0.1, 0.15) is 11.3 Å². The predicted octanol–water partition coefficient (Wildman–Crippen LogP) is 2.28. The molecule has 102 valence electrons. The first-order valence-corrected chi connectivity index (χ1v) is 6.64. The second-order valence-corrected chi connectivity index (χ2v) is 4.73. The summed E-state index contributed by atoms with van der Waals surface area (Å²) in [5, 5.41) is 7.84. The van der Waals surface area contributed by atoms with E-state index in [1.165, 1.54) is 5.56 Å². The van der Waals surface area contributed by atoms with E-state index >= 15 is 0 Å². The Morgan fingerprint density at radius 1 is 1.20 bits per heavy atom. The number of nitrogens with one attached hydrogen (secondary N) is 1. The zero-order chi connectivity index (χ0) is 13.9. The molecule has 3 N–H and O–H groups in total. The molecule has 0 aliphatic heterocycles. The highest BCUT2D eigenvalue weighted by Gasteiger charge is 2.04. The molecule has 5 nitrogen and oxygen atoms in total. The molecule has 0 saturated heterocycles. The maximum Gasteiger partial charge on any atom is 0.153 e. The first-order valence-electron chi connectivity index (χ1n) is 6.64. The lowest BCUT2D eigenvalue weighted by atomic mass is 10.2. The van der Waals surface area contributed by atoms with Crippen LogP contribution in [-0.2, 0) is 6.42 Å². The Kier molecular flexibility index (Phi) is 3.35. The first-order chi connectivity index (χ1) is 9.76. The Balaban J connectivity index is 1.91. The summed E-state index contributed by atoms with van der Waals surface area (Å²) in [5.74, 6) is 0.795. The van der Waals surface area contributed by atoms with Crippen molar-refractivity contribution < 1.29 is 0 Å². The summed E-state index contributed by atoms with van der Waals surface area (Å²) < 4.78 is 1.78. The van der Waals surface area contributed by atoms with Gasteiger partial charge in [0.15, 0.2) is 11.5 Å². The average Bonchev–Trinajstić information content (AvgIpc) is 2.83. The maximum absolute atomic E-state index is 5.55. The lowest BCUT2D eigenvalue weighted by molar-refractivity contribution is 0.917. The third-order valence-electron chi connectivity index (χ3n) is 3.18. The lowest BCUT2D eigenvalue weighted by Crippen LogP contribution is -2.02. The van der Waals surface area contributed by atoms with Crippen molar-refractivity contribution in [1.82, 2.24) is 14.6 Å². The van der Waals surface area contributed by atoms with E-state index in [1.54, 1.807) is 4.52 Å². The largest absolute Gasteiger partial charge is 0.339 e. The number of hydrogen-bond acceptors (Lipinski definition) is 4. The fourth-order valence-corrected chi connectivity index (χ4v) is 2.12. The average molecular weight is 267 g/mol. The van der Waals surface area contributed by atoms with Gasteiger partial charge in [-0.1, -0.05) is 18.2 Å². The number of benzene rings is 1. The smallest absolute Gasteiger partial charge is 0.153 e. The van der Waals surface area contributed by atoms with E-state index in [1.807, 2.05) is 36.5 Å². The summed E-state index contributed by atoms with van der Waals surface area (Å²) in [5.41, 5.74) is 9.59. The van der Waals surface area contributed by atoms with Gasteiger partial charge in [-0.3, -0.25) is 0 Å². The fraction of sp³-hybridized carbons (Fsp3) is 0.200. The van der Waals surface area contributed by atoms with Gasteiger partial charge in [-0.2, -0.15) is 0 Å². The van der Waals surface area contributed by atoms with E-state index in [4.69, 9.17) is 5.73 Å². The Bertz CT molecular complexity index is 732. The fourth-order valence-electron chi connectivity index (χ4n) is 2.12. The number of nitrogens with two attached hydrogens (primary N) is 1. The van der Waals surface area contributed by atoms with Crippen molar-refractivity contribution in [2.24, 2.45) is 5.73 Å². The van der Waals surface area contributed by atoms with Crippen LogP contribution in [0.4, 0.5) is 11.5 Å². The summed E-state index contributed by atoms with van der Waals surface area (Å²) in [6.45, 7) is 2.66. The van der Waals surface area contributed by atoms with Gasteiger partial charge < -0.3 is 11.1 Å². The number of para-hydroxylation sites is 1. The van der Waals surface area contributed by atoms with Crippen molar-refractivity contribution in [3.05, 3.63) is 53.9 Å². The lowest BCUT2D eigenvalue weighted by Gasteiger charge is -2.08. The minimum Gasteiger partial charge on any atom is -0.339 e. The van der Waals surface area contributed by atoms with Gasteiger partial charge in [0.2, 0.25) is 0 Å². The van der Waals surface area contributed by atoms with Crippen LogP contribution in [0.2, 0.25) is 0 Å². The monoisotopic (exact) mass is 267 g/mol. The summed E-state index contributed by atoms with van der Waals surface area (Å²) >= 11 is 0. The van der Waals surface area contributed by atoms with Crippen LogP contribution in [0, 0.1) is 6.92 Å². The summed E-state index contributed by atoms with van der Waals surface area (Å²) in [7, 11) is 0. The molecule has 0 fully saturated rings. The number of rotatable bonds is 4. The van der Waals surface area contributed by atoms with E-state index in [2.05, 4.69) is 28.4 Å². The Hall–Kier alpha value is -2.40. The van der Waals surface area contributed by atoms with Gasteiger partial charge in [0.25, 0.3) is 0 Å². The molecule has 3 rings (SSSR count). The number of aryl methyl sites for hydroxylation is 1. The third kappa shape index (κ3) is 2.48. The van der Waals surface area contributed by atoms with Crippen molar-refractivity contribution in [3.8, 4) is 0 Å². The molecule has 3 aromatic rings. The minimum absolute atomic E-state index is 0.595. The van der Waals surface area contributed by atoms with E-state index in [0.717, 1.165) is 29.3 Å². The second-order valence-electron chi connectivity index (χ2n) is 4.73. The van der Waals surface area contributed by atoms with Gasteiger partial charge in [-0.25, -0.2) is 9.50 Å². The van der Waals surface area contributed by atoms with Gasteiger partial charge in [0, 0.05) is 12.1 Å². The topological polar surface area (TPSA) is 68.2 Å². The van der Waals surface area contributed by atoms with Crippen molar-refractivity contribution in [1.29, 1.82) is 0 Å². The van der Waals surface area contributed by atoms with Gasteiger partial charge >= 0.3 is 0 Å². The van der Waals surface area contributed by atoms with Crippen LogP contribution in [-0.4, -0.2) is 21.1 Å². The summed E-state index contributed by atoms with van der Waals surface area (Å²) in [4.78, 5) is 4.46. The molecule has 0 aliphatic carbocycles. The van der Waals surface area contributed by atoms with E-state index in [9.17, 15) is 0 Å². The van der Waals surface area contributed by atoms with E-state index < -0.39 is 0 Å². The normalized spacial score (nSPS) is 10.9. The van der Waals surface area contributed by atoms with Crippen molar-refractivity contribution >= 4 is 17.2 Å². The van der Waals surface area contributed by atoms with Gasteiger partial charge in [0.05, 0.1) is 11.9 Å². The first kappa shape index (κ1) is 12.6. The van der Waals surface area contributed by atoms with Crippen LogP contribution in [0.25, 0.3) is 5.65 Å². The second kappa shape index (κ2) is 5.30. The molecule has 0 spiro atoms. The molecule has 0 atom stereocenters. The number of hydrogen-bond donors (Lipinski definition) is 2. The minimum atomic E-state index is 0.595. The summed E-state index contributed by atoms with van der Waals surface area (Å²) in [6.07, 6.45) is 2.69. The molecule has 5 heteroatoms. The highest BCUT2D eigenvalue weighted by molar-refractivity contribution is 5.60. The number of anilines is 2. The van der Waals surface area contributed by atoms with Crippen LogP contribution in [0.5, 0.6) is 0 Å². The highest BCUT2D eigenvalue weighted by atomic mass is 15.3. The molecule has 0 saturated carbocycles. The Morgan fingerprint density at radius 3 is 2.85 bits per heavy atom. The molecule has 20 heavy (non-hydrogen) atoms. The van der Waals surface area contributed by atoms with Gasteiger partial charge in [-0.05, 0) is 37.2 Å². The molecule has 0 aliphatic rings. The molecular weight excluding hydrogens is 250 g/mol. The van der Waals surface area contributed by atoms with Crippen LogP contribution in [0.15, 0.2) is 42.6 Å². The molecule has 1 aromatic carbocycles. The maximum atomic E-state index is 5.55. The standard InChI is InChI=1S/C15H17N5/c1-11-4-2-3-5-13(11)18-14-6-7-15-17-12(8-9-16)10-20(15)19-14/h2-7,10H,8-9,16H2,1H3,(H,18,19). The van der Waals surface area contributed by atoms with Crippen molar-refractivity contribution in [2.75, 3.05) is 11.9 Å². The van der Waals surface area contributed by atoms with Gasteiger partial charge in [-0.15, -0.1) is 5.10 Å². The van der Waals surface area contributed by atoms with Crippen molar-refractivity contribution in [3.63, 3.8) is 0 Å². The van der Waals surface area contributed by atoms with Crippen LogP contribution < -0.4 is 11.1 Å². The highest BCUT2D eigenvalue weighted by Crippen LogP contribution is 2.18. The van der Waals surface area contributed by atoms with Crippen LogP contribution >= 0.6 is 0 Å². The Labute approximate surface area is 117 Å². The molecule has 2 heterocycles. The third-order valence-corrected chi connectivity index (χ3v) is 3.18. The van der Waals surface area contributed by atoms with E-state index in [-0.39, 0.29) is 0 Å². The molecule has 0 amide bonds. The zero-order valence-electron chi connectivity index (χ0n) is 11.4. The SMILES string of the molecule is Cc1ccccc1Nc1ccc2nc(CCN)cn2n1. The number of imidazole rings is 1. The summed E-state index contributed by atoms with van der Waals surface area (Å²) in [6, 6.07) is 12.0. The molecular formula is C15H17N5. The zero-order valence-corrected chi connectivity index (χ0v) is 11.4. The quantitative estimate of drug-likeness (QED) is 0.761. The number of aromatic nitrogens is 3. The molecule has 0 radical (unpaired) electrons. The predicted molar refractivity (Wildman–Crippen MR) is 80.2 cm³/mol. The molecule has 2 aromatic heterocycles. The van der Waals surface area contributed by atoms with Crippen molar-refractivity contribution in [2.45, 2.75) is 13.3 Å². The Morgan fingerprint density at radius 2 is 2.05 bits per heavy atom. The number of fused-ring (bicyclic) bond motifs is 1. The van der Waals surface area contributed by atoms with Crippen LogP contribution in [0.3, 0.4) is 0 Å². The number of nitrogens with zero attached hydrogens (tertiary/aromatic N) is 3.